The van der Waals surface area contributed by atoms with Gasteiger partial charge in [0.15, 0.2) is 0 Å². The van der Waals surface area contributed by atoms with Gasteiger partial charge in [-0.2, -0.15) is 0 Å². The summed E-state index contributed by atoms with van der Waals surface area (Å²) in [5, 5.41) is 0. The molecule has 0 nitrogen and oxygen atoms in total. The Bertz CT molecular complexity index is 54.8. The lowest BCUT2D eigenvalue weighted by Gasteiger charge is -1.83. The quantitative estimate of drug-likeness (QED) is 0.480. The van der Waals surface area contributed by atoms with Gasteiger partial charge in [0.2, 0.25) is 0 Å². The summed E-state index contributed by atoms with van der Waals surface area (Å²) in [4.78, 5) is 0. The van der Waals surface area contributed by atoms with E-state index < -0.39 is 0 Å². The number of hydrogen-bond acceptors (Lipinski definition) is 0. The Balaban J connectivity index is -0.000000105. The summed E-state index contributed by atoms with van der Waals surface area (Å²) in [6.07, 6.45) is 0. The molecule has 0 atom stereocenters. The van der Waals surface area contributed by atoms with Gasteiger partial charge in [-0.25, -0.2) is 4.39 Å². The molecule has 0 aliphatic rings. The van der Waals surface area contributed by atoms with Gasteiger partial charge in [0.1, 0.15) is 0 Å². The van der Waals surface area contributed by atoms with Crippen LogP contribution in [0.4, 0.5) is 4.39 Å². The number of rotatable bonds is 0. The van der Waals surface area contributed by atoms with Gasteiger partial charge < -0.3 is 0 Å². The van der Waals surface area contributed by atoms with Crippen LogP contribution in [0.25, 0.3) is 0 Å². The van der Waals surface area contributed by atoms with Crippen molar-refractivity contribution in [2.24, 2.45) is 0 Å². The van der Waals surface area contributed by atoms with Crippen molar-refractivity contribution in [3.8, 4) is 0 Å². The highest BCUT2D eigenvalue weighted by Crippen LogP contribution is 2.00. The van der Waals surface area contributed by atoms with Crippen molar-refractivity contribution in [1.82, 2.24) is 0 Å². The Kier molecular flexibility index (Phi) is 25.9. The van der Waals surface area contributed by atoms with Crippen LogP contribution in [0.1, 0.15) is 48.5 Å². The molecule has 0 rings (SSSR count). The van der Waals surface area contributed by atoms with E-state index in [-0.39, 0.29) is 5.83 Å². The lowest BCUT2D eigenvalue weighted by molar-refractivity contribution is 0.627. The highest BCUT2D eigenvalue weighted by Gasteiger charge is 1.80. The number of allylic oxidation sites excluding steroid dienone is 2. The lowest BCUT2D eigenvalue weighted by atomic mass is 10.3. The third kappa shape index (κ3) is 25.3. The predicted octanol–water partition coefficient (Wildman–Crippen LogP) is 4.32. The third-order valence-electron chi connectivity index (χ3n) is 0.689. The standard InChI is InChI=1S/C5H9F.2C2H6/c1-4(2)5(3)6;2*1-2/h1-3H3;2*1-2H3. The predicted molar refractivity (Wildman–Crippen MR) is 47.9 cm³/mol. The van der Waals surface area contributed by atoms with Gasteiger partial charge in [-0.05, 0) is 26.3 Å². The van der Waals surface area contributed by atoms with Crippen molar-refractivity contribution in [2.75, 3.05) is 0 Å². The fourth-order valence-electron chi connectivity index (χ4n) is 0. The highest BCUT2D eigenvalue weighted by atomic mass is 19.1. The molecule has 0 saturated carbocycles. The number of hydrogen-bond donors (Lipinski definition) is 0. The van der Waals surface area contributed by atoms with E-state index in [1.54, 1.807) is 13.8 Å². The first-order valence-corrected chi connectivity index (χ1v) is 3.94. The summed E-state index contributed by atoms with van der Waals surface area (Å²) >= 11 is 0. The van der Waals surface area contributed by atoms with E-state index in [1.807, 2.05) is 27.7 Å². The number of halogens is 1. The molecular formula is C9H21F. The lowest BCUT2D eigenvalue weighted by Crippen LogP contribution is -1.64. The first-order chi connectivity index (χ1) is 4.64. The van der Waals surface area contributed by atoms with Gasteiger partial charge in [0.05, 0.1) is 5.83 Å². The van der Waals surface area contributed by atoms with Crippen LogP contribution in [-0.2, 0) is 0 Å². The maximum Gasteiger partial charge on any atom is 0.0955 e. The Labute approximate surface area is 65.1 Å². The van der Waals surface area contributed by atoms with Crippen molar-refractivity contribution in [3.63, 3.8) is 0 Å². The van der Waals surface area contributed by atoms with E-state index in [9.17, 15) is 4.39 Å². The zero-order valence-corrected chi connectivity index (χ0v) is 8.38. The average molecular weight is 148 g/mol. The molecule has 0 aliphatic carbocycles. The molecule has 1 heteroatoms. The molecule has 0 radical (unpaired) electrons. The minimum Gasteiger partial charge on any atom is -0.212 e. The molecule has 0 aliphatic heterocycles. The van der Waals surface area contributed by atoms with Crippen LogP contribution in [0.2, 0.25) is 0 Å². The molecule has 0 fully saturated rings. The molecule has 0 saturated heterocycles. The Morgan fingerprint density at radius 2 is 0.900 bits per heavy atom. The van der Waals surface area contributed by atoms with Crippen LogP contribution < -0.4 is 0 Å². The average Bonchev–Trinajstić information content (AvgIpc) is 1.96. The van der Waals surface area contributed by atoms with Crippen molar-refractivity contribution in [2.45, 2.75) is 48.5 Å². The normalized spacial score (nSPS) is 6.00. The van der Waals surface area contributed by atoms with Crippen LogP contribution in [-0.4, -0.2) is 0 Å². The molecule has 0 N–H and O–H groups in total. The van der Waals surface area contributed by atoms with E-state index in [1.165, 1.54) is 6.92 Å². The van der Waals surface area contributed by atoms with Crippen LogP contribution in [0.5, 0.6) is 0 Å². The largest absolute Gasteiger partial charge is 0.212 e. The maximum absolute atomic E-state index is 11.7. The Morgan fingerprint density at radius 3 is 0.900 bits per heavy atom. The monoisotopic (exact) mass is 148 g/mol. The summed E-state index contributed by atoms with van der Waals surface area (Å²) in [6.45, 7) is 12.9. The molecule has 0 heterocycles. The van der Waals surface area contributed by atoms with E-state index >= 15 is 0 Å². The smallest absolute Gasteiger partial charge is 0.0955 e. The molecule has 0 aromatic carbocycles. The first-order valence-electron chi connectivity index (χ1n) is 3.94. The highest BCUT2D eigenvalue weighted by molar-refractivity contribution is 4.97. The zero-order chi connectivity index (χ0) is 9.15. The molecule has 0 aromatic heterocycles. The Morgan fingerprint density at radius 1 is 0.800 bits per heavy atom. The van der Waals surface area contributed by atoms with Crippen LogP contribution in [0, 0.1) is 0 Å². The topological polar surface area (TPSA) is 0 Å². The molecule has 10 heavy (non-hydrogen) atoms. The summed E-state index contributed by atoms with van der Waals surface area (Å²) in [6, 6.07) is 0. The molecule has 0 spiro atoms. The Hall–Kier alpha value is -0.330. The second kappa shape index (κ2) is 15.9. The van der Waals surface area contributed by atoms with Crippen LogP contribution in [0.15, 0.2) is 11.4 Å². The van der Waals surface area contributed by atoms with Crippen LogP contribution in [0.3, 0.4) is 0 Å². The van der Waals surface area contributed by atoms with E-state index in [4.69, 9.17) is 0 Å². The van der Waals surface area contributed by atoms with E-state index in [0.717, 1.165) is 5.57 Å². The minimum absolute atomic E-state index is 0.0741. The molecular weight excluding hydrogens is 127 g/mol. The molecule has 0 bridgehead atoms. The first kappa shape index (κ1) is 16.3. The van der Waals surface area contributed by atoms with E-state index in [2.05, 4.69) is 0 Å². The van der Waals surface area contributed by atoms with Gasteiger partial charge in [-0.1, -0.05) is 27.7 Å². The van der Waals surface area contributed by atoms with Gasteiger partial charge in [-0.3, -0.25) is 0 Å². The second-order valence-electron chi connectivity index (χ2n) is 1.53. The summed E-state index contributed by atoms with van der Waals surface area (Å²) in [7, 11) is 0. The van der Waals surface area contributed by atoms with Gasteiger partial charge in [-0.15, -0.1) is 0 Å². The van der Waals surface area contributed by atoms with Crippen molar-refractivity contribution >= 4 is 0 Å². The fraction of sp³-hybridized carbons (Fsp3) is 0.778. The summed E-state index contributed by atoms with van der Waals surface area (Å²) < 4.78 is 11.7. The maximum atomic E-state index is 11.7. The molecule has 0 unspecified atom stereocenters. The van der Waals surface area contributed by atoms with Crippen molar-refractivity contribution in [3.05, 3.63) is 11.4 Å². The van der Waals surface area contributed by atoms with Crippen molar-refractivity contribution in [1.29, 1.82) is 0 Å². The van der Waals surface area contributed by atoms with E-state index in [0.29, 0.717) is 0 Å². The second-order valence-corrected chi connectivity index (χ2v) is 1.53. The van der Waals surface area contributed by atoms with Gasteiger partial charge >= 0.3 is 0 Å². The summed E-state index contributed by atoms with van der Waals surface area (Å²) in [5.41, 5.74) is 0.759. The zero-order valence-electron chi connectivity index (χ0n) is 8.38. The summed E-state index contributed by atoms with van der Waals surface area (Å²) in [5.74, 6) is -0.0741. The van der Waals surface area contributed by atoms with Crippen LogP contribution >= 0.6 is 0 Å². The molecule has 0 aromatic rings. The SMILES string of the molecule is CC.CC.CC(C)=C(C)F. The minimum atomic E-state index is -0.0741. The van der Waals surface area contributed by atoms with Crippen molar-refractivity contribution < 1.29 is 4.39 Å². The third-order valence-corrected chi connectivity index (χ3v) is 0.689. The molecule has 64 valence electrons. The fourth-order valence-corrected chi connectivity index (χ4v) is 0. The van der Waals surface area contributed by atoms with Gasteiger partial charge in [0.25, 0.3) is 0 Å². The van der Waals surface area contributed by atoms with Gasteiger partial charge in [0, 0.05) is 0 Å². The molecule has 0 amide bonds.